The van der Waals surface area contributed by atoms with E-state index in [4.69, 9.17) is 0 Å². The predicted molar refractivity (Wildman–Crippen MR) is 66.0 cm³/mol. The first-order valence-electron chi connectivity index (χ1n) is 5.95. The van der Waals surface area contributed by atoms with E-state index < -0.39 is 6.09 Å². The summed E-state index contributed by atoms with van der Waals surface area (Å²) < 4.78 is 0. The summed E-state index contributed by atoms with van der Waals surface area (Å²) in [6.07, 6.45) is 5.00. The van der Waals surface area contributed by atoms with Crippen LogP contribution in [-0.2, 0) is 6.42 Å². The third kappa shape index (κ3) is 3.76. The molecule has 0 saturated heterocycles. The SMILES string of the molecule is CCC(C)(C)N(CCCc1cnc[nH]1)C(=O)O. The van der Waals surface area contributed by atoms with Gasteiger partial charge < -0.3 is 15.0 Å². The predicted octanol–water partition coefficient (Wildman–Crippen LogP) is 2.51. The molecule has 0 radical (unpaired) electrons. The Bertz CT molecular complexity index is 347. The fraction of sp³-hybridized carbons (Fsp3) is 0.667. The van der Waals surface area contributed by atoms with Crippen LogP contribution in [0, 0.1) is 0 Å². The molecule has 17 heavy (non-hydrogen) atoms. The highest BCUT2D eigenvalue weighted by Crippen LogP contribution is 2.19. The van der Waals surface area contributed by atoms with Gasteiger partial charge in [-0.15, -0.1) is 0 Å². The van der Waals surface area contributed by atoms with E-state index in [0.29, 0.717) is 6.54 Å². The molecule has 1 heterocycles. The summed E-state index contributed by atoms with van der Waals surface area (Å²) in [6, 6.07) is 0. The number of rotatable bonds is 6. The molecule has 0 saturated carbocycles. The molecular weight excluding hydrogens is 218 g/mol. The fourth-order valence-electron chi connectivity index (χ4n) is 1.70. The van der Waals surface area contributed by atoms with E-state index in [1.807, 2.05) is 20.8 Å². The van der Waals surface area contributed by atoms with Gasteiger partial charge >= 0.3 is 6.09 Å². The first-order valence-corrected chi connectivity index (χ1v) is 5.95. The van der Waals surface area contributed by atoms with Crippen molar-refractivity contribution in [3.05, 3.63) is 18.2 Å². The molecule has 1 rings (SSSR count). The molecule has 0 aromatic carbocycles. The maximum Gasteiger partial charge on any atom is 0.407 e. The molecule has 0 fully saturated rings. The Morgan fingerprint density at radius 1 is 1.59 bits per heavy atom. The Hall–Kier alpha value is -1.52. The number of hydrogen-bond acceptors (Lipinski definition) is 2. The minimum Gasteiger partial charge on any atom is -0.465 e. The first kappa shape index (κ1) is 13.5. The van der Waals surface area contributed by atoms with Crippen LogP contribution in [0.2, 0.25) is 0 Å². The number of carboxylic acid groups (broad SMARTS) is 1. The second-order valence-electron chi connectivity index (χ2n) is 4.78. The maximum atomic E-state index is 11.2. The molecule has 0 unspecified atom stereocenters. The van der Waals surface area contributed by atoms with Crippen LogP contribution in [0.3, 0.4) is 0 Å². The highest BCUT2D eigenvalue weighted by molar-refractivity contribution is 5.66. The van der Waals surface area contributed by atoms with Crippen LogP contribution in [0.5, 0.6) is 0 Å². The number of amides is 1. The van der Waals surface area contributed by atoms with Crippen molar-refractivity contribution in [3.8, 4) is 0 Å². The smallest absolute Gasteiger partial charge is 0.407 e. The average molecular weight is 239 g/mol. The lowest BCUT2D eigenvalue weighted by Gasteiger charge is -2.35. The monoisotopic (exact) mass is 239 g/mol. The molecule has 0 spiro atoms. The maximum absolute atomic E-state index is 11.2. The Kier molecular flexibility index (Phi) is 4.54. The quantitative estimate of drug-likeness (QED) is 0.801. The van der Waals surface area contributed by atoms with E-state index >= 15 is 0 Å². The van der Waals surface area contributed by atoms with E-state index in [9.17, 15) is 9.90 Å². The number of H-pyrrole nitrogens is 1. The topological polar surface area (TPSA) is 69.2 Å². The van der Waals surface area contributed by atoms with Crippen molar-refractivity contribution < 1.29 is 9.90 Å². The van der Waals surface area contributed by atoms with E-state index in [2.05, 4.69) is 9.97 Å². The van der Waals surface area contributed by atoms with E-state index in [1.165, 1.54) is 4.90 Å². The Labute approximate surface area is 102 Å². The van der Waals surface area contributed by atoms with Gasteiger partial charge in [-0.05, 0) is 33.1 Å². The standard InChI is InChI=1S/C12H21N3O2/c1-4-12(2,3)15(11(16)17)7-5-6-10-8-13-9-14-10/h8-9H,4-7H2,1-3H3,(H,13,14)(H,16,17). The van der Waals surface area contributed by atoms with Gasteiger partial charge in [0.05, 0.1) is 6.33 Å². The van der Waals surface area contributed by atoms with E-state index in [0.717, 1.165) is 25.0 Å². The first-order chi connectivity index (χ1) is 7.97. The van der Waals surface area contributed by atoms with Crippen LogP contribution in [0.4, 0.5) is 4.79 Å². The van der Waals surface area contributed by atoms with Crippen LogP contribution in [0.1, 0.15) is 39.3 Å². The Balaban J connectivity index is 2.48. The number of carbonyl (C=O) groups is 1. The molecule has 0 aliphatic rings. The normalized spacial score (nSPS) is 11.5. The molecule has 1 amide bonds. The minimum absolute atomic E-state index is 0.306. The Morgan fingerprint density at radius 3 is 2.76 bits per heavy atom. The van der Waals surface area contributed by atoms with Crippen molar-refractivity contribution in [2.45, 2.75) is 45.6 Å². The number of imidazole rings is 1. The van der Waals surface area contributed by atoms with E-state index in [-0.39, 0.29) is 5.54 Å². The van der Waals surface area contributed by atoms with Gasteiger partial charge in [-0.25, -0.2) is 9.78 Å². The number of hydrogen-bond donors (Lipinski definition) is 2. The lowest BCUT2D eigenvalue weighted by molar-refractivity contribution is 0.0893. The molecule has 5 nitrogen and oxygen atoms in total. The van der Waals surface area contributed by atoms with Crippen molar-refractivity contribution in [1.82, 2.24) is 14.9 Å². The molecular formula is C12H21N3O2. The highest BCUT2D eigenvalue weighted by Gasteiger charge is 2.28. The molecule has 96 valence electrons. The van der Waals surface area contributed by atoms with Gasteiger partial charge in [0.25, 0.3) is 0 Å². The highest BCUT2D eigenvalue weighted by atomic mass is 16.4. The fourth-order valence-corrected chi connectivity index (χ4v) is 1.70. The summed E-state index contributed by atoms with van der Waals surface area (Å²) >= 11 is 0. The third-order valence-corrected chi connectivity index (χ3v) is 3.21. The molecule has 1 aromatic rings. The second kappa shape index (κ2) is 5.70. The zero-order valence-corrected chi connectivity index (χ0v) is 10.7. The average Bonchev–Trinajstić information content (AvgIpc) is 2.76. The number of nitrogens with zero attached hydrogens (tertiary/aromatic N) is 2. The molecule has 5 heteroatoms. The van der Waals surface area contributed by atoms with Crippen LogP contribution in [0.25, 0.3) is 0 Å². The molecule has 2 N–H and O–H groups in total. The lowest BCUT2D eigenvalue weighted by atomic mass is 9.99. The van der Waals surface area contributed by atoms with Crippen LogP contribution < -0.4 is 0 Å². The van der Waals surface area contributed by atoms with Gasteiger partial charge in [0.2, 0.25) is 0 Å². The third-order valence-electron chi connectivity index (χ3n) is 3.21. The van der Waals surface area contributed by atoms with Crippen molar-refractivity contribution in [2.75, 3.05) is 6.54 Å². The second-order valence-corrected chi connectivity index (χ2v) is 4.78. The minimum atomic E-state index is -0.846. The van der Waals surface area contributed by atoms with Crippen LogP contribution >= 0.6 is 0 Å². The summed E-state index contributed by atoms with van der Waals surface area (Å²) in [5.41, 5.74) is 0.740. The number of aryl methyl sites for hydroxylation is 1. The summed E-state index contributed by atoms with van der Waals surface area (Å²) in [7, 11) is 0. The molecule has 0 bridgehead atoms. The van der Waals surface area contributed by atoms with E-state index in [1.54, 1.807) is 12.5 Å². The van der Waals surface area contributed by atoms with Crippen molar-refractivity contribution in [1.29, 1.82) is 0 Å². The molecule has 1 aromatic heterocycles. The zero-order chi connectivity index (χ0) is 12.9. The number of aromatic amines is 1. The van der Waals surface area contributed by atoms with Gasteiger partial charge in [0.15, 0.2) is 0 Å². The lowest BCUT2D eigenvalue weighted by Crippen LogP contribution is -2.47. The summed E-state index contributed by atoms with van der Waals surface area (Å²) in [5, 5.41) is 9.20. The van der Waals surface area contributed by atoms with Gasteiger partial charge in [0.1, 0.15) is 0 Å². The Morgan fingerprint density at radius 2 is 2.29 bits per heavy atom. The summed E-state index contributed by atoms with van der Waals surface area (Å²) in [5.74, 6) is 0. The van der Waals surface area contributed by atoms with Crippen molar-refractivity contribution >= 4 is 6.09 Å². The van der Waals surface area contributed by atoms with Gasteiger partial charge in [-0.2, -0.15) is 0 Å². The van der Waals surface area contributed by atoms with Crippen LogP contribution in [0.15, 0.2) is 12.5 Å². The number of aromatic nitrogens is 2. The number of nitrogens with one attached hydrogen (secondary N) is 1. The van der Waals surface area contributed by atoms with Crippen molar-refractivity contribution in [2.24, 2.45) is 0 Å². The molecule has 0 aliphatic heterocycles. The van der Waals surface area contributed by atoms with Crippen LogP contribution in [-0.4, -0.2) is 38.2 Å². The van der Waals surface area contributed by atoms with Gasteiger partial charge in [-0.3, -0.25) is 0 Å². The van der Waals surface area contributed by atoms with Gasteiger partial charge in [0, 0.05) is 24.0 Å². The van der Waals surface area contributed by atoms with Crippen molar-refractivity contribution in [3.63, 3.8) is 0 Å². The summed E-state index contributed by atoms with van der Waals surface area (Å²) in [6.45, 7) is 6.47. The summed E-state index contributed by atoms with van der Waals surface area (Å²) in [4.78, 5) is 19.7. The zero-order valence-electron chi connectivity index (χ0n) is 10.7. The van der Waals surface area contributed by atoms with Gasteiger partial charge in [-0.1, -0.05) is 6.92 Å². The largest absolute Gasteiger partial charge is 0.465 e. The molecule has 0 atom stereocenters. The molecule has 0 aliphatic carbocycles.